The number of esters is 1. The van der Waals surface area contributed by atoms with Crippen LogP contribution >= 0.6 is 0 Å². The van der Waals surface area contributed by atoms with E-state index in [1.165, 1.54) is 0 Å². The molecule has 1 aromatic carbocycles. The van der Waals surface area contributed by atoms with Crippen molar-refractivity contribution in [1.82, 2.24) is 19.7 Å². The third-order valence-electron chi connectivity index (χ3n) is 4.25. The zero-order valence-electron chi connectivity index (χ0n) is 16.1. The summed E-state index contributed by atoms with van der Waals surface area (Å²) in [7, 11) is 1.95. The third-order valence-corrected chi connectivity index (χ3v) is 4.25. The van der Waals surface area contributed by atoms with E-state index in [1.807, 2.05) is 35.9 Å². The van der Waals surface area contributed by atoms with E-state index in [4.69, 9.17) is 4.74 Å². The quantitative estimate of drug-likeness (QED) is 0.604. The fourth-order valence-corrected chi connectivity index (χ4v) is 2.76. The molecule has 3 rings (SSSR count). The molecular weight excluding hydrogens is 354 g/mol. The number of nitrogens with zero attached hydrogens (tertiary/aromatic N) is 4. The van der Waals surface area contributed by atoms with E-state index in [-0.39, 0.29) is 5.97 Å². The van der Waals surface area contributed by atoms with Crippen molar-refractivity contribution in [3.63, 3.8) is 0 Å². The molecule has 2 aromatic heterocycles. The number of rotatable bonds is 8. The highest BCUT2D eigenvalue weighted by Gasteiger charge is 2.11. The molecule has 0 amide bonds. The molecule has 0 saturated carbocycles. The largest absolute Gasteiger partial charge is 0.462 e. The number of aromatic nitrogens is 4. The first-order valence-corrected chi connectivity index (χ1v) is 9.09. The molecule has 0 aliphatic carbocycles. The van der Waals surface area contributed by atoms with Crippen LogP contribution in [0.25, 0.3) is 11.4 Å². The molecule has 1 N–H and O–H groups in total. The van der Waals surface area contributed by atoms with Gasteiger partial charge in [0.15, 0.2) is 5.82 Å². The van der Waals surface area contributed by atoms with E-state index in [2.05, 4.69) is 27.1 Å². The van der Waals surface area contributed by atoms with Crippen LogP contribution in [0.2, 0.25) is 0 Å². The first-order chi connectivity index (χ1) is 13.6. The van der Waals surface area contributed by atoms with Gasteiger partial charge in [-0.05, 0) is 49.7 Å². The van der Waals surface area contributed by atoms with E-state index in [0.29, 0.717) is 25.0 Å². The van der Waals surface area contributed by atoms with E-state index in [1.54, 1.807) is 31.5 Å². The monoisotopic (exact) mass is 377 g/mol. The molecule has 7 nitrogen and oxygen atoms in total. The van der Waals surface area contributed by atoms with Crippen molar-refractivity contribution in [2.45, 2.75) is 19.8 Å². The van der Waals surface area contributed by atoms with Gasteiger partial charge in [-0.25, -0.2) is 4.79 Å². The molecule has 0 saturated heterocycles. The normalized spacial score (nSPS) is 10.5. The van der Waals surface area contributed by atoms with Crippen molar-refractivity contribution >= 4 is 11.7 Å². The van der Waals surface area contributed by atoms with Crippen LogP contribution in [0.15, 0.2) is 61.1 Å². The van der Waals surface area contributed by atoms with Crippen LogP contribution in [0.3, 0.4) is 0 Å². The Bertz CT molecular complexity index is 949. The summed E-state index contributed by atoms with van der Waals surface area (Å²) < 4.78 is 6.96. The summed E-state index contributed by atoms with van der Waals surface area (Å²) in [6, 6.07) is 11.0. The summed E-state index contributed by atoms with van der Waals surface area (Å²) in [4.78, 5) is 15.8. The zero-order chi connectivity index (χ0) is 19.9. The number of nitrogens with one attached hydrogen (secondary N) is 1. The van der Waals surface area contributed by atoms with Crippen LogP contribution < -0.4 is 5.32 Å². The van der Waals surface area contributed by atoms with Gasteiger partial charge in [0.25, 0.3) is 0 Å². The predicted molar refractivity (Wildman–Crippen MR) is 108 cm³/mol. The Kier molecular flexibility index (Phi) is 6.16. The summed E-state index contributed by atoms with van der Waals surface area (Å²) in [6.45, 7) is 6.22. The highest BCUT2D eigenvalue weighted by molar-refractivity contribution is 5.89. The third kappa shape index (κ3) is 4.62. The highest BCUT2D eigenvalue weighted by atomic mass is 16.5. The highest BCUT2D eigenvalue weighted by Crippen LogP contribution is 2.18. The average Bonchev–Trinajstić information content (AvgIpc) is 3.08. The molecular formula is C21H23N5O2. The van der Waals surface area contributed by atoms with Crippen LogP contribution in [0, 0.1) is 0 Å². The molecule has 0 spiro atoms. The Balaban J connectivity index is 1.56. The van der Waals surface area contributed by atoms with Crippen molar-refractivity contribution in [3.05, 3.63) is 72.5 Å². The second-order valence-corrected chi connectivity index (χ2v) is 6.27. The minimum Gasteiger partial charge on any atom is -0.462 e. The fraction of sp³-hybridized carbons (Fsp3) is 0.238. The Morgan fingerprint density at radius 3 is 2.68 bits per heavy atom. The molecule has 0 aliphatic heterocycles. The number of carbonyl (C=O) groups excluding carboxylic acids is 1. The lowest BCUT2D eigenvalue weighted by molar-refractivity contribution is 0.0526. The summed E-state index contributed by atoms with van der Waals surface area (Å²) >= 11 is 0. The summed E-state index contributed by atoms with van der Waals surface area (Å²) in [6.07, 6.45) is 4.92. The van der Waals surface area contributed by atoms with Crippen molar-refractivity contribution < 1.29 is 9.53 Å². The van der Waals surface area contributed by atoms with Gasteiger partial charge in [0.05, 0.1) is 12.2 Å². The topological polar surface area (TPSA) is 81.9 Å². The van der Waals surface area contributed by atoms with Crippen LogP contribution in [0.4, 0.5) is 5.69 Å². The lowest BCUT2D eigenvalue weighted by Gasteiger charge is -2.10. The maximum Gasteiger partial charge on any atom is 0.338 e. The molecule has 0 atom stereocenters. The number of carbonyl (C=O) groups is 1. The smallest absolute Gasteiger partial charge is 0.338 e. The zero-order valence-corrected chi connectivity index (χ0v) is 16.1. The van der Waals surface area contributed by atoms with Gasteiger partial charge >= 0.3 is 5.97 Å². The Morgan fingerprint density at radius 1 is 1.21 bits per heavy atom. The number of hydrogen-bond acceptors (Lipinski definition) is 6. The summed E-state index contributed by atoms with van der Waals surface area (Å²) in [5, 5.41) is 11.8. The van der Waals surface area contributed by atoms with Gasteiger partial charge in [-0.1, -0.05) is 6.58 Å². The Hall–Kier alpha value is -3.48. The summed E-state index contributed by atoms with van der Waals surface area (Å²) in [5.41, 5.74) is 3.18. The average molecular weight is 377 g/mol. The van der Waals surface area contributed by atoms with Crippen molar-refractivity contribution in [3.8, 4) is 11.4 Å². The SMILES string of the molecule is C=C(CCc1nnc(-c2cccnc2)n1C)Nc1ccc(C(=O)OCC)cc1. The van der Waals surface area contributed by atoms with Crippen LogP contribution in [0.1, 0.15) is 29.5 Å². The van der Waals surface area contributed by atoms with Gasteiger partial charge in [-0.15, -0.1) is 10.2 Å². The second-order valence-electron chi connectivity index (χ2n) is 6.27. The lowest BCUT2D eigenvalue weighted by Crippen LogP contribution is -2.06. The maximum absolute atomic E-state index is 11.7. The Morgan fingerprint density at radius 2 is 2.00 bits per heavy atom. The number of allylic oxidation sites excluding steroid dienone is 1. The van der Waals surface area contributed by atoms with Gasteiger partial charge in [0.2, 0.25) is 0 Å². The molecule has 7 heteroatoms. The molecule has 3 aromatic rings. The lowest BCUT2D eigenvalue weighted by atomic mass is 10.2. The number of anilines is 1. The fourth-order valence-electron chi connectivity index (χ4n) is 2.76. The standard InChI is InChI=1S/C21H23N5O2/c1-4-28-21(27)16-8-10-18(11-9-16)23-15(2)7-12-19-24-25-20(26(19)3)17-6-5-13-22-14-17/h5-6,8-11,13-14,23H,2,4,7,12H2,1,3H3. The van der Waals surface area contributed by atoms with Gasteiger partial charge in [-0.3, -0.25) is 4.98 Å². The van der Waals surface area contributed by atoms with Crippen molar-refractivity contribution in [2.75, 3.05) is 11.9 Å². The number of hydrogen-bond donors (Lipinski definition) is 1. The number of aryl methyl sites for hydroxylation is 1. The molecule has 0 bridgehead atoms. The summed E-state index contributed by atoms with van der Waals surface area (Å²) in [5.74, 6) is 1.34. The minimum absolute atomic E-state index is 0.320. The molecule has 0 fully saturated rings. The van der Waals surface area contributed by atoms with Crippen LogP contribution in [0.5, 0.6) is 0 Å². The van der Waals surface area contributed by atoms with Gasteiger partial charge in [0, 0.05) is 42.8 Å². The molecule has 0 unspecified atom stereocenters. The molecule has 0 aliphatic rings. The van der Waals surface area contributed by atoms with Gasteiger partial charge in [-0.2, -0.15) is 0 Å². The maximum atomic E-state index is 11.7. The number of pyridine rings is 1. The van der Waals surface area contributed by atoms with E-state index in [0.717, 1.165) is 28.6 Å². The molecule has 2 heterocycles. The van der Waals surface area contributed by atoms with Crippen molar-refractivity contribution in [1.29, 1.82) is 0 Å². The van der Waals surface area contributed by atoms with Crippen LogP contribution in [-0.4, -0.2) is 32.3 Å². The molecule has 0 radical (unpaired) electrons. The first kappa shape index (κ1) is 19.3. The number of benzene rings is 1. The molecule has 144 valence electrons. The van der Waals surface area contributed by atoms with Crippen LogP contribution in [-0.2, 0) is 18.2 Å². The van der Waals surface area contributed by atoms with E-state index < -0.39 is 0 Å². The van der Waals surface area contributed by atoms with E-state index >= 15 is 0 Å². The van der Waals surface area contributed by atoms with Gasteiger partial charge < -0.3 is 14.6 Å². The first-order valence-electron chi connectivity index (χ1n) is 9.09. The van der Waals surface area contributed by atoms with Crippen molar-refractivity contribution in [2.24, 2.45) is 7.05 Å². The second kappa shape index (κ2) is 8.94. The molecule has 28 heavy (non-hydrogen) atoms. The van der Waals surface area contributed by atoms with Gasteiger partial charge in [0.1, 0.15) is 5.82 Å². The minimum atomic E-state index is -0.320. The van der Waals surface area contributed by atoms with E-state index in [9.17, 15) is 4.79 Å². The Labute approximate surface area is 164 Å². The predicted octanol–water partition coefficient (Wildman–Crippen LogP) is 3.61. The number of ether oxygens (including phenoxy) is 1.